The van der Waals surface area contributed by atoms with Gasteiger partial charge in [0.2, 0.25) is 5.43 Å². The maximum absolute atomic E-state index is 12.0. The molecule has 2 aromatic rings. The summed E-state index contributed by atoms with van der Waals surface area (Å²) in [4.78, 5) is 35.3. The molecule has 0 aliphatic heterocycles. The highest BCUT2D eigenvalue weighted by atomic mass is 16.5. The average molecular weight is 360 g/mol. The number of ether oxygens (including phenoxy) is 2. The fourth-order valence-corrected chi connectivity index (χ4v) is 2.32. The van der Waals surface area contributed by atoms with Crippen molar-refractivity contribution in [3.63, 3.8) is 0 Å². The number of hydrogen-bond acceptors (Lipinski definition) is 6. The molecule has 8 nitrogen and oxygen atoms in total. The molecule has 0 bridgehead atoms. The highest BCUT2D eigenvalue weighted by Crippen LogP contribution is 2.13. The van der Waals surface area contributed by atoms with Gasteiger partial charge in [-0.05, 0) is 31.2 Å². The molecule has 1 amide bonds. The molecule has 2 N–H and O–H groups in total. The number of aromatic nitrogens is 1. The second-order valence-electron chi connectivity index (χ2n) is 5.42. The molecule has 0 saturated carbocycles. The third-order valence-electron chi connectivity index (χ3n) is 3.67. The third kappa shape index (κ3) is 4.70. The van der Waals surface area contributed by atoms with Gasteiger partial charge in [0, 0.05) is 24.5 Å². The largest absolute Gasteiger partial charge is 0.478 e. The van der Waals surface area contributed by atoms with E-state index in [4.69, 9.17) is 9.84 Å². The molecule has 1 aromatic carbocycles. The van der Waals surface area contributed by atoms with Crippen molar-refractivity contribution in [1.82, 2.24) is 4.57 Å². The van der Waals surface area contributed by atoms with Crippen LogP contribution >= 0.6 is 0 Å². The van der Waals surface area contributed by atoms with Crippen LogP contribution in [0.25, 0.3) is 0 Å². The molecule has 26 heavy (non-hydrogen) atoms. The lowest BCUT2D eigenvalue weighted by atomic mass is 10.2. The molecule has 1 heterocycles. The summed E-state index contributed by atoms with van der Waals surface area (Å²) in [6.07, 6.45) is 1.56. The number of nitrogens with zero attached hydrogens (tertiary/aromatic N) is 1. The van der Waals surface area contributed by atoms with Gasteiger partial charge in [0.05, 0.1) is 25.0 Å². The number of esters is 1. The Labute approximate surface area is 150 Å². The zero-order valence-corrected chi connectivity index (χ0v) is 14.5. The van der Waals surface area contributed by atoms with Gasteiger partial charge < -0.3 is 24.5 Å². The molecular formula is C18H20N2O6. The fraction of sp³-hybridized carbons (Fsp3) is 0.278. The Hall–Kier alpha value is -3.13. The first-order chi connectivity index (χ1) is 12.5. The maximum atomic E-state index is 12.0. The number of benzene rings is 1. The number of pyridine rings is 1. The number of hydrogen-bond donors (Lipinski definition) is 2. The van der Waals surface area contributed by atoms with E-state index in [1.54, 1.807) is 29.8 Å². The van der Waals surface area contributed by atoms with E-state index in [9.17, 15) is 14.4 Å². The Morgan fingerprint density at radius 1 is 1.19 bits per heavy atom. The van der Waals surface area contributed by atoms with Crippen LogP contribution in [-0.2, 0) is 16.1 Å². The van der Waals surface area contributed by atoms with E-state index in [0.29, 0.717) is 23.5 Å². The van der Waals surface area contributed by atoms with Gasteiger partial charge in [-0.2, -0.15) is 0 Å². The molecule has 0 atom stereocenters. The van der Waals surface area contributed by atoms with Crippen LogP contribution in [-0.4, -0.2) is 41.9 Å². The minimum Gasteiger partial charge on any atom is -0.478 e. The van der Waals surface area contributed by atoms with Crippen LogP contribution in [0.5, 0.6) is 5.75 Å². The van der Waals surface area contributed by atoms with E-state index in [1.807, 2.05) is 0 Å². The predicted molar refractivity (Wildman–Crippen MR) is 94.4 cm³/mol. The number of aliphatic hydroxyl groups excluding tert-OH is 1. The van der Waals surface area contributed by atoms with Crippen LogP contribution in [0.4, 0.5) is 5.69 Å². The molecule has 0 aliphatic rings. The van der Waals surface area contributed by atoms with E-state index in [2.05, 4.69) is 10.1 Å². The molecule has 138 valence electrons. The minimum absolute atomic E-state index is 0.0668. The summed E-state index contributed by atoms with van der Waals surface area (Å²) in [6, 6.07) is 7.49. The van der Waals surface area contributed by atoms with Crippen molar-refractivity contribution in [3.05, 3.63) is 58.0 Å². The van der Waals surface area contributed by atoms with Crippen LogP contribution in [0.15, 0.2) is 41.3 Å². The van der Waals surface area contributed by atoms with Crippen LogP contribution in [0, 0.1) is 6.92 Å². The zero-order valence-electron chi connectivity index (χ0n) is 14.5. The van der Waals surface area contributed by atoms with Gasteiger partial charge in [-0.1, -0.05) is 0 Å². The summed E-state index contributed by atoms with van der Waals surface area (Å²) in [7, 11) is 1.29. The van der Waals surface area contributed by atoms with E-state index in [1.165, 1.54) is 25.3 Å². The zero-order chi connectivity index (χ0) is 19.1. The van der Waals surface area contributed by atoms with Gasteiger partial charge in [0.15, 0.2) is 12.4 Å². The van der Waals surface area contributed by atoms with E-state index in [-0.39, 0.29) is 24.4 Å². The van der Waals surface area contributed by atoms with E-state index < -0.39 is 11.9 Å². The van der Waals surface area contributed by atoms with Crippen LogP contribution in [0.1, 0.15) is 16.1 Å². The number of methoxy groups -OCH3 is 1. The maximum Gasteiger partial charge on any atom is 0.337 e. The van der Waals surface area contributed by atoms with E-state index >= 15 is 0 Å². The molecule has 0 aliphatic carbocycles. The number of amides is 1. The molecule has 2 rings (SSSR count). The van der Waals surface area contributed by atoms with Crippen molar-refractivity contribution >= 4 is 17.6 Å². The lowest BCUT2D eigenvalue weighted by molar-refractivity contribution is -0.118. The second-order valence-corrected chi connectivity index (χ2v) is 5.42. The van der Waals surface area contributed by atoms with Crippen molar-refractivity contribution in [3.8, 4) is 5.75 Å². The quantitative estimate of drug-likeness (QED) is 0.712. The van der Waals surface area contributed by atoms with Gasteiger partial charge in [0.1, 0.15) is 0 Å². The van der Waals surface area contributed by atoms with Gasteiger partial charge in [-0.15, -0.1) is 0 Å². The monoisotopic (exact) mass is 360 g/mol. The molecule has 0 spiro atoms. The second kappa shape index (κ2) is 8.82. The number of aliphatic hydroxyl groups is 1. The molecule has 0 saturated heterocycles. The Morgan fingerprint density at radius 2 is 1.88 bits per heavy atom. The lowest BCUT2D eigenvalue weighted by Gasteiger charge is -2.14. The number of carbonyl (C=O) groups is 2. The first-order valence-corrected chi connectivity index (χ1v) is 7.88. The van der Waals surface area contributed by atoms with Crippen molar-refractivity contribution < 1.29 is 24.2 Å². The summed E-state index contributed by atoms with van der Waals surface area (Å²) in [6.45, 7) is 1.57. The Bertz CT molecular complexity index is 842. The fourth-order valence-electron chi connectivity index (χ4n) is 2.32. The van der Waals surface area contributed by atoms with Crippen molar-refractivity contribution in [1.29, 1.82) is 0 Å². The molecule has 0 unspecified atom stereocenters. The van der Waals surface area contributed by atoms with Crippen molar-refractivity contribution in [2.45, 2.75) is 13.5 Å². The van der Waals surface area contributed by atoms with Crippen LogP contribution < -0.4 is 15.5 Å². The molecule has 0 radical (unpaired) electrons. The SMILES string of the molecule is COC(=O)c1ccc(NC(=O)COc2c(C)n(CCO)ccc2=O)cc1. The first-order valence-electron chi connectivity index (χ1n) is 7.88. The lowest BCUT2D eigenvalue weighted by Crippen LogP contribution is -2.24. The predicted octanol–water partition coefficient (Wildman–Crippen LogP) is 0.953. The van der Waals surface area contributed by atoms with E-state index in [0.717, 1.165) is 0 Å². The van der Waals surface area contributed by atoms with Crippen LogP contribution in [0.3, 0.4) is 0 Å². The molecule has 0 fully saturated rings. The van der Waals surface area contributed by atoms with Gasteiger partial charge in [0.25, 0.3) is 5.91 Å². The molecule has 1 aromatic heterocycles. The summed E-state index contributed by atoms with van der Waals surface area (Å²) in [5.74, 6) is -0.853. The van der Waals surface area contributed by atoms with Crippen LogP contribution in [0.2, 0.25) is 0 Å². The number of carbonyl (C=O) groups excluding carboxylic acids is 2. The summed E-state index contributed by atoms with van der Waals surface area (Å²) in [5.41, 5.74) is 1.04. The Balaban J connectivity index is 2.00. The standard InChI is InChI=1S/C18H20N2O6/c1-12-17(15(22)7-8-20(12)9-10-21)26-11-16(23)19-14-5-3-13(4-6-14)18(24)25-2/h3-8,21H,9-11H2,1-2H3,(H,19,23). The highest BCUT2D eigenvalue weighted by Gasteiger charge is 2.11. The van der Waals surface area contributed by atoms with Crippen molar-refractivity contribution in [2.75, 3.05) is 25.6 Å². The number of nitrogens with one attached hydrogen (secondary N) is 1. The summed E-state index contributed by atoms with van der Waals surface area (Å²) in [5, 5.41) is 11.6. The van der Waals surface area contributed by atoms with Gasteiger partial charge in [-0.3, -0.25) is 9.59 Å². The molecular weight excluding hydrogens is 340 g/mol. The number of rotatable bonds is 7. The average Bonchev–Trinajstić information content (AvgIpc) is 2.64. The molecule has 8 heteroatoms. The normalized spacial score (nSPS) is 10.3. The summed E-state index contributed by atoms with van der Waals surface area (Å²) >= 11 is 0. The summed E-state index contributed by atoms with van der Waals surface area (Å²) < 4.78 is 11.6. The van der Waals surface area contributed by atoms with Crippen molar-refractivity contribution in [2.24, 2.45) is 0 Å². The Morgan fingerprint density at radius 3 is 2.50 bits per heavy atom. The Kier molecular flexibility index (Phi) is 6.51. The third-order valence-corrected chi connectivity index (χ3v) is 3.67. The highest BCUT2D eigenvalue weighted by molar-refractivity contribution is 5.93. The number of anilines is 1. The minimum atomic E-state index is -0.468. The smallest absolute Gasteiger partial charge is 0.337 e. The van der Waals surface area contributed by atoms with Gasteiger partial charge >= 0.3 is 5.97 Å². The first kappa shape index (κ1) is 19.2. The topological polar surface area (TPSA) is 107 Å². The van der Waals surface area contributed by atoms with Gasteiger partial charge in [-0.25, -0.2) is 4.79 Å².